The number of nitrogen functional groups attached to an aromatic ring is 1. The molecule has 0 radical (unpaired) electrons. The first-order valence-corrected chi connectivity index (χ1v) is 8.75. The molecule has 0 atom stereocenters. The molecule has 3 aromatic rings. The Bertz CT molecular complexity index is 888. The number of aliphatic hydroxyl groups is 1. The summed E-state index contributed by atoms with van der Waals surface area (Å²) < 4.78 is 0. The van der Waals surface area contributed by atoms with Crippen LogP contribution < -0.4 is 11.1 Å². The zero-order valence-electron chi connectivity index (χ0n) is 14.0. The molecule has 5 nitrogen and oxygen atoms in total. The average Bonchev–Trinajstić information content (AvgIpc) is 2.64. The molecule has 0 unspecified atom stereocenters. The van der Waals surface area contributed by atoms with E-state index < -0.39 is 0 Å². The number of para-hydroxylation sites is 1. The summed E-state index contributed by atoms with van der Waals surface area (Å²) in [4.78, 5) is 9.09. The van der Waals surface area contributed by atoms with Gasteiger partial charge in [0.2, 0.25) is 5.95 Å². The first-order valence-electron chi connectivity index (χ1n) is 8.75. The largest absolute Gasteiger partial charge is 0.398 e. The smallest absolute Gasteiger partial charge is 0.223 e. The van der Waals surface area contributed by atoms with Gasteiger partial charge in [-0.3, -0.25) is 0 Å². The summed E-state index contributed by atoms with van der Waals surface area (Å²) in [5, 5.41) is 14.0. The summed E-state index contributed by atoms with van der Waals surface area (Å²) in [6, 6.07) is 14.3. The zero-order chi connectivity index (χ0) is 17.2. The second-order valence-corrected chi connectivity index (χ2v) is 6.70. The Balaban J connectivity index is 1.58. The number of fused-ring (bicyclic) bond motifs is 1. The maximum Gasteiger partial charge on any atom is 0.223 e. The lowest BCUT2D eigenvalue weighted by Crippen LogP contribution is -2.28. The van der Waals surface area contributed by atoms with Gasteiger partial charge in [0.15, 0.2) is 0 Å². The van der Waals surface area contributed by atoms with E-state index in [9.17, 15) is 5.11 Å². The van der Waals surface area contributed by atoms with Gasteiger partial charge in [-0.05, 0) is 49.4 Å². The molecule has 128 valence electrons. The second kappa shape index (κ2) is 6.69. The van der Waals surface area contributed by atoms with Gasteiger partial charge in [-0.1, -0.05) is 24.3 Å². The van der Waals surface area contributed by atoms with Crippen LogP contribution in [0.25, 0.3) is 22.0 Å². The molecule has 1 fully saturated rings. The highest BCUT2D eigenvalue weighted by molar-refractivity contribution is 5.87. The molecular weight excluding hydrogens is 312 g/mol. The molecular formula is C20H22N4O. The molecule has 0 amide bonds. The van der Waals surface area contributed by atoms with Gasteiger partial charge in [0, 0.05) is 28.9 Å². The molecule has 4 N–H and O–H groups in total. The Morgan fingerprint density at radius 2 is 1.84 bits per heavy atom. The predicted octanol–water partition coefficient (Wildman–Crippen LogP) is 3.59. The Labute approximate surface area is 146 Å². The van der Waals surface area contributed by atoms with E-state index in [4.69, 9.17) is 5.73 Å². The summed E-state index contributed by atoms with van der Waals surface area (Å²) >= 11 is 0. The minimum Gasteiger partial charge on any atom is -0.398 e. The third-order valence-electron chi connectivity index (χ3n) is 4.88. The number of aromatic nitrogens is 2. The minimum atomic E-state index is -0.153. The number of nitrogens with two attached hydrogens (primary N) is 1. The molecule has 5 heteroatoms. The number of nitrogens with one attached hydrogen (secondary N) is 1. The fourth-order valence-corrected chi connectivity index (χ4v) is 3.43. The van der Waals surface area contributed by atoms with Crippen LogP contribution in [0, 0.1) is 0 Å². The van der Waals surface area contributed by atoms with Crippen molar-refractivity contribution in [3.8, 4) is 11.1 Å². The summed E-state index contributed by atoms with van der Waals surface area (Å²) in [6.07, 6.45) is 5.29. The van der Waals surface area contributed by atoms with Gasteiger partial charge in [-0.15, -0.1) is 0 Å². The van der Waals surface area contributed by atoms with Crippen LogP contribution in [0.3, 0.4) is 0 Å². The second-order valence-electron chi connectivity index (χ2n) is 6.70. The molecule has 1 aliphatic rings. The van der Waals surface area contributed by atoms with Crippen molar-refractivity contribution in [3.63, 3.8) is 0 Å². The van der Waals surface area contributed by atoms with Crippen molar-refractivity contribution >= 4 is 22.5 Å². The molecule has 0 bridgehead atoms. The van der Waals surface area contributed by atoms with E-state index in [1.54, 1.807) is 0 Å². The Kier molecular flexibility index (Phi) is 4.24. The third-order valence-corrected chi connectivity index (χ3v) is 4.88. The minimum absolute atomic E-state index is 0.153. The average molecular weight is 334 g/mol. The number of benzene rings is 2. The van der Waals surface area contributed by atoms with Crippen molar-refractivity contribution in [3.05, 3.63) is 48.7 Å². The van der Waals surface area contributed by atoms with E-state index in [1.807, 2.05) is 42.6 Å². The lowest BCUT2D eigenvalue weighted by atomic mass is 9.93. The van der Waals surface area contributed by atoms with Crippen molar-refractivity contribution in [2.45, 2.75) is 37.8 Å². The van der Waals surface area contributed by atoms with Gasteiger partial charge in [0.25, 0.3) is 0 Å². The fourth-order valence-electron chi connectivity index (χ4n) is 3.43. The lowest BCUT2D eigenvalue weighted by molar-refractivity contribution is 0.126. The van der Waals surface area contributed by atoms with Crippen molar-refractivity contribution < 1.29 is 5.11 Å². The molecule has 25 heavy (non-hydrogen) atoms. The molecule has 1 saturated carbocycles. The van der Waals surface area contributed by atoms with Crippen LogP contribution in [0.5, 0.6) is 0 Å². The maximum absolute atomic E-state index is 9.61. The van der Waals surface area contributed by atoms with Gasteiger partial charge in [0.05, 0.1) is 11.6 Å². The van der Waals surface area contributed by atoms with Crippen molar-refractivity contribution in [2.75, 3.05) is 11.1 Å². The maximum atomic E-state index is 9.61. The molecule has 0 saturated heterocycles. The van der Waals surface area contributed by atoms with Crippen LogP contribution in [0.4, 0.5) is 11.6 Å². The number of anilines is 2. The highest BCUT2D eigenvalue weighted by Crippen LogP contribution is 2.28. The molecule has 0 aliphatic heterocycles. The number of hydrogen-bond acceptors (Lipinski definition) is 5. The van der Waals surface area contributed by atoms with E-state index in [0.717, 1.165) is 53.4 Å². The highest BCUT2D eigenvalue weighted by Gasteiger charge is 2.19. The number of hydrogen-bond donors (Lipinski definition) is 3. The first kappa shape index (κ1) is 15.8. The van der Waals surface area contributed by atoms with Crippen LogP contribution >= 0.6 is 0 Å². The zero-order valence-corrected chi connectivity index (χ0v) is 14.0. The van der Waals surface area contributed by atoms with E-state index in [2.05, 4.69) is 21.4 Å². The molecule has 1 aliphatic carbocycles. The summed E-state index contributed by atoms with van der Waals surface area (Å²) in [6.45, 7) is 0. The SMILES string of the molecule is Nc1ccccc1-c1ccc2nc(N[C@H]3CC[C@H](O)CC3)ncc2c1. The quantitative estimate of drug-likeness (QED) is 0.637. The van der Waals surface area contributed by atoms with Gasteiger partial charge >= 0.3 is 0 Å². The molecule has 1 heterocycles. The Hall–Kier alpha value is -2.66. The van der Waals surface area contributed by atoms with Crippen LogP contribution in [-0.4, -0.2) is 27.2 Å². The summed E-state index contributed by atoms with van der Waals surface area (Å²) in [5.41, 5.74) is 9.84. The van der Waals surface area contributed by atoms with Gasteiger partial charge in [0.1, 0.15) is 0 Å². The molecule has 0 spiro atoms. The molecule has 1 aromatic heterocycles. The fraction of sp³-hybridized carbons (Fsp3) is 0.300. The number of rotatable bonds is 3. The van der Waals surface area contributed by atoms with Crippen LogP contribution in [0.15, 0.2) is 48.7 Å². The molecule has 4 rings (SSSR count). The van der Waals surface area contributed by atoms with Crippen LogP contribution in [0.2, 0.25) is 0 Å². The van der Waals surface area contributed by atoms with Gasteiger partial charge < -0.3 is 16.2 Å². The Morgan fingerprint density at radius 1 is 1.04 bits per heavy atom. The standard InChI is InChI=1S/C20H22N4O/c21-18-4-2-1-3-17(18)13-5-10-19-14(11-13)12-22-20(24-19)23-15-6-8-16(25)9-7-15/h1-5,10-12,15-16,25H,6-9,21H2,(H,22,23,24)/t15-,16-. The predicted molar refractivity (Wildman–Crippen MR) is 101 cm³/mol. The van der Waals surface area contributed by atoms with Crippen molar-refractivity contribution in [1.29, 1.82) is 0 Å². The Morgan fingerprint density at radius 3 is 2.64 bits per heavy atom. The number of nitrogens with zero attached hydrogens (tertiary/aromatic N) is 2. The van der Waals surface area contributed by atoms with Crippen molar-refractivity contribution in [1.82, 2.24) is 9.97 Å². The molecule has 2 aromatic carbocycles. The van der Waals surface area contributed by atoms with E-state index in [-0.39, 0.29) is 6.10 Å². The lowest BCUT2D eigenvalue weighted by Gasteiger charge is -2.26. The van der Waals surface area contributed by atoms with Gasteiger partial charge in [-0.25, -0.2) is 9.97 Å². The highest BCUT2D eigenvalue weighted by atomic mass is 16.3. The summed E-state index contributed by atoms with van der Waals surface area (Å²) in [5.74, 6) is 0.654. The van der Waals surface area contributed by atoms with E-state index in [0.29, 0.717) is 12.0 Å². The number of aliphatic hydroxyl groups excluding tert-OH is 1. The normalized spacial score (nSPS) is 20.5. The third kappa shape index (κ3) is 3.42. The van der Waals surface area contributed by atoms with Crippen LogP contribution in [-0.2, 0) is 0 Å². The first-order chi connectivity index (χ1) is 12.2. The van der Waals surface area contributed by atoms with Gasteiger partial charge in [-0.2, -0.15) is 0 Å². The summed E-state index contributed by atoms with van der Waals surface area (Å²) in [7, 11) is 0. The van der Waals surface area contributed by atoms with Crippen molar-refractivity contribution in [2.24, 2.45) is 0 Å². The topological polar surface area (TPSA) is 84.1 Å². The van der Waals surface area contributed by atoms with E-state index in [1.165, 1.54) is 0 Å². The van der Waals surface area contributed by atoms with E-state index >= 15 is 0 Å². The monoisotopic (exact) mass is 334 g/mol. The van der Waals surface area contributed by atoms with Crippen LogP contribution in [0.1, 0.15) is 25.7 Å².